The molecule has 4 nitrogen and oxygen atoms in total. The number of alkyl halides is 3. The van der Waals surface area contributed by atoms with Crippen LogP contribution >= 0.6 is 0 Å². The van der Waals surface area contributed by atoms with E-state index < -0.39 is 43.9 Å². The maximum absolute atomic E-state index is 12.9. The summed E-state index contributed by atoms with van der Waals surface area (Å²) < 4.78 is 38.7. The normalized spacial score (nSPS) is 21.5. The van der Waals surface area contributed by atoms with Gasteiger partial charge in [0.05, 0.1) is 0 Å². The minimum absolute atomic E-state index is 0.0487. The van der Waals surface area contributed by atoms with Crippen molar-refractivity contribution >= 4 is 26.8 Å². The molecule has 1 aromatic carbocycles. The minimum atomic E-state index is -4.56. The number of hydrogen-bond acceptors (Lipinski definition) is 3. The fourth-order valence-electron chi connectivity index (χ4n) is 2.44. The number of amides is 2. The Labute approximate surface area is 131 Å². The topological polar surface area (TPSA) is 61.2 Å². The van der Waals surface area contributed by atoms with Crippen LogP contribution in [0.5, 0.6) is 0 Å². The van der Waals surface area contributed by atoms with Crippen molar-refractivity contribution in [3.8, 4) is 4.97 Å². The Bertz CT molecular complexity index is 696. The van der Waals surface area contributed by atoms with Gasteiger partial charge in [0.2, 0.25) is 0 Å². The number of nitrogens with zero attached hydrogens (tertiary/aromatic N) is 2. The molecular formula is C14H11F3N2O2Se. The third-order valence-electron chi connectivity index (χ3n) is 3.68. The number of nitriles is 1. The van der Waals surface area contributed by atoms with Gasteiger partial charge in [0, 0.05) is 0 Å². The van der Waals surface area contributed by atoms with Crippen molar-refractivity contribution in [1.29, 1.82) is 5.26 Å². The molecule has 0 radical (unpaired) electrons. The zero-order chi connectivity index (χ0) is 16.7. The van der Waals surface area contributed by atoms with Crippen molar-refractivity contribution in [2.24, 2.45) is 0 Å². The SMILES string of the molecule is CN1C(=O)c2ccc(C(F)(F)F)cc2C(C)(C[Se]C#N)C1=O. The van der Waals surface area contributed by atoms with E-state index in [1.165, 1.54) is 14.0 Å². The first kappa shape index (κ1) is 16.5. The summed E-state index contributed by atoms with van der Waals surface area (Å²) in [5.74, 6) is -1.21. The number of rotatable bonds is 2. The molecule has 1 heterocycles. The summed E-state index contributed by atoms with van der Waals surface area (Å²) in [4.78, 5) is 27.4. The second-order valence-electron chi connectivity index (χ2n) is 5.14. The Morgan fingerprint density at radius 1 is 1.36 bits per heavy atom. The van der Waals surface area contributed by atoms with Crippen LogP contribution in [0.25, 0.3) is 0 Å². The second kappa shape index (κ2) is 5.41. The average molecular weight is 375 g/mol. The molecule has 0 saturated carbocycles. The standard InChI is InChI=1S/C14H11F3N2O2Se/c1-13(6-22-7-18)10-5-8(14(15,16)17)3-4-9(10)11(20)19(2)12(13)21/h3-5H,6H2,1-2H3. The van der Waals surface area contributed by atoms with Gasteiger partial charge in [0.15, 0.2) is 0 Å². The third kappa shape index (κ3) is 2.51. The summed E-state index contributed by atoms with van der Waals surface area (Å²) in [7, 11) is 1.29. The van der Waals surface area contributed by atoms with E-state index in [0.29, 0.717) is 0 Å². The molecule has 1 aliphatic rings. The number of fused-ring (bicyclic) bond motifs is 1. The van der Waals surface area contributed by atoms with E-state index in [2.05, 4.69) is 0 Å². The van der Waals surface area contributed by atoms with E-state index in [-0.39, 0.29) is 16.4 Å². The zero-order valence-corrected chi connectivity index (χ0v) is 13.4. The van der Waals surface area contributed by atoms with Gasteiger partial charge in [-0.2, -0.15) is 0 Å². The molecule has 22 heavy (non-hydrogen) atoms. The molecular weight excluding hydrogens is 364 g/mol. The number of carbonyl (C=O) groups excluding carboxylic acids is 2. The first-order valence-corrected chi connectivity index (χ1v) is 8.25. The number of halogens is 3. The molecule has 2 rings (SSSR count). The van der Waals surface area contributed by atoms with Crippen LogP contribution in [-0.2, 0) is 16.4 Å². The Morgan fingerprint density at radius 3 is 2.55 bits per heavy atom. The molecule has 1 atom stereocenters. The van der Waals surface area contributed by atoms with Crippen molar-refractivity contribution in [3.63, 3.8) is 0 Å². The van der Waals surface area contributed by atoms with Crippen LogP contribution in [0.3, 0.4) is 0 Å². The molecule has 0 aromatic heterocycles. The van der Waals surface area contributed by atoms with Crippen LogP contribution in [0.1, 0.15) is 28.4 Å². The van der Waals surface area contributed by atoms with E-state index >= 15 is 0 Å². The molecule has 0 spiro atoms. The summed E-state index contributed by atoms with van der Waals surface area (Å²) in [6.07, 6.45) is -4.56. The van der Waals surface area contributed by atoms with Crippen LogP contribution in [0, 0.1) is 10.2 Å². The summed E-state index contributed by atoms with van der Waals surface area (Å²) in [6, 6.07) is 2.78. The van der Waals surface area contributed by atoms with Crippen LogP contribution in [0.2, 0.25) is 5.32 Å². The van der Waals surface area contributed by atoms with Gasteiger partial charge in [-0.1, -0.05) is 0 Å². The van der Waals surface area contributed by atoms with Crippen molar-refractivity contribution in [2.75, 3.05) is 7.05 Å². The van der Waals surface area contributed by atoms with Gasteiger partial charge < -0.3 is 0 Å². The molecule has 1 unspecified atom stereocenters. The summed E-state index contributed by atoms with van der Waals surface area (Å²) in [6.45, 7) is 1.48. The average Bonchev–Trinajstić information content (AvgIpc) is 2.47. The summed E-state index contributed by atoms with van der Waals surface area (Å²) >= 11 is -0.572. The molecule has 1 aromatic rings. The molecule has 0 N–H and O–H groups in total. The Morgan fingerprint density at radius 2 is 2.00 bits per heavy atom. The number of benzene rings is 1. The monoisotopic (exact) mass is 376 g/mol. The summed E-state index contributed by atoms with van der Waals surface area (Å²) in [5, 5.41) is 8.87. The fourth-order valence-corrected chi connectivity index (χ4v) is 3.76. The predicted molar refractivity (Wildman–Crippen MR) is 72.1 cm³/mol. The van der Waals surface area contributed by atoms with Crippen LogP contribution in [0.15, 0.2) is 18.2 Å². The van der Waals surface area contributed by atoms with Crippen LogP contribution in [0.4, 0.5) is 13.2 Å². The second-order valence-corrected chi connectivity index (χ2v) is 6.73. The van der Waals surface area contributed by atoms with E-state index in [0.717, 1.165) is 23.1 Å². The molecule has 116 valence electrons. The molecule has 8 heteroatoms. The van der Waals surface area contributed by atoms with E-state index in [9.17, 15) is 22.8 Å². The van der Waals surface area contributed by atoms with Gasteiger partial charge in [-0.05, 0) is 0 Å². The maximum atomic E-state index is 12.9. The van der Waals surface area contributed by atoms with E-state index in [1.807, 2.05) is 4.97 Å². The number of imide groups is 1. The number of hydrogen-bond donors (Lipinski definition) is 0. The van der Waals surface area contributed by atoms with Gasteiger partial charge in [0.1, 0.15) is 0 Å². The van der Waals surface area contributed by atoms with E-state index in [4.69, 9.17) is 5.26 Å². The van der Waals surface area contributed by atoms with Gasteiger partial charge in [0.25, 0.3) is 0 Å². The van der Waals surface area contributed by atoms with Gasteiger partial charge in [-0.25, -0.2) is 0 Å². The molecule has 2 amide bonds. The van der Waals surface area contributed by atoms with Crippen LogP contribution in [-0.4, -0.2) is 38.7 Å². The molecule has 0 bridgehead atoms. The quantitative estimate of drug-likeness (QED) is 0.588. The number of likely N-dealkylation sites (N-methyl/N-ethyl adjacent to an activating group) is 1. The molecule has 1 aliphatic heterocycles. The van der Waals surface area contributed by atoms with Gasteiger partial charge in [-0.3, -0.25) is 0 Å². The predicted octanol–water partition coefficient (Wildman–Crippen LogP) is 2.18. The Balaban J connectivity index is 2.68. The van der Waals surface area contributed by atoms with Crippen molar-refractivity contribution < 1.29 is 22.8 Å². The van der Waals surface area contributed by atoms with Gasteiger partial charge in [-0.15, -0.1) is 0 Å². The van der Waals surface area contributed by atoms with Crippen LogP contribution < -0.4 is 0 Å². The Kier molecular flexibility index (Phi) is 4.07. The fraction of sp³-hybridized carbons (Fsp3) is 0.357. The molecule has 0 fully saturated rings. The molecule has 0 aliphatic carbocycles. The first-order chi connectivity index (χ1) is 10.1. The zero-order valence-electron chi connectivity index (χ0n) is 11.7. The first-order valence-electron chi connectivity index (χ1n) is 6.18. The molecule has 0 saturated heterocycles. The summed E-state index contributed by atoms with van der Waals surface area (Å²) in [5.41, 5.74) is -2.08. The van der Waals surface area contributed by atoms with E-state index in [1.54, 1.807) is 0 Å². The third-order valence-corrected chi connectivity index (χ3v) is 5.46. The van der Waals surface area contributed by atoms with Gasteiger partial charge >= 0.3 is 130 Å². The number of carbonyl (C=O) groups is 2. The van der Waals surface area contributed by atoms with Crippen molar-refractivity contribution in [2.45, 2.75) is 23.8 Å². The van der Waals surface area contributed by atoms with Crippen molar-refractivity contribution in [1.82, 2.24) is 4.90 Å². The Hall–Kier alpha value is -1.84. The van der Waals surface area contributed by atoms with Crippen molar-refractivity contribution in [3.05, 3.63) is 34.9 Å².